The number of carbonyl (C=O) groups excluding carboxylic acids is 1. The van der Waals surface area contributed by atoms with Crippen LogP contribution in [0.3, 0.4) is 0 Å². The summed E-state index contributed by atoms with van der Waals surface area (Å²) in [6.07, 6.45) is 6.60. The molecule has 0 aromatic heterocycles. The number of nitrogens with zero attached hydrogens (tertiary/aromatic N) is 2. The summed E-state index contributed by atoms with van der Waals surface area (Å²) in [5.41, 5.74) is 2.21. The molecule has 1 amide bonds. The van der Waals surface area contributed by atoms with Gasteiger partial charge in [0, 0.05) is 12.2 Å². The standard InChI is InChI=1S/C21H31N3O3S/c1-3-24(19-7-5-4-6-8-19)21(25)17-22-13-15-23(16-14-22)28(26,27)20-11-9-18(2)10-12-20/h7,9-12H,3-6,8,13-17H2,1-2H3/p+1. The van der Waals surface area contributed by atoms with Crippen molar-refractivity contribution in [1.29, 1.82) is 0 Å². The number of allylic oxidation sites excluding steroid dienone is 2. The molecule has 1 heterocycles. The molecule has 1 aliphatic carbocycles. The Morgan fingerprint density at radius 3 is 2.39 bits per heavy atom. The average Bonchev–Trinajstić information content (AvgIpc) is 2.70. The Bertz CT molecular complexity index is 810. The topological polar surface area (TPSA) is 62.1 Å². The number of sulfonamides is 1. The van der Waals surface area contributed by atoms with Crippen LogP contribution in [0.2, 0.25) is 0 Å². The molecule has 1 N–H and O–H groups in total. The monoisotopic (exact) mass is 406 g/mol. The van der Waals surface area contributed by atoms with Crippen LogP contribution in [0, 0.1) is 6.92 Å². The van der Waals surface area contributed by atoms with E-state index in [4.69, 9.17) is 0 Å². The molecule has 1 saturated heterocycles. The van der Waals surface area contributed by atoms with Gasteiger partial charge in [0.15, 0.2) is 6.54 Å². The second kappa shape index (κ2) is 9.20. The largest absolute Gasteiger partial charge is 0.325 e. The van der Waals surface area contributed by atoms with Crippen molar-refractivity contribution in [3.8, 4) is 0 Å². The van der Waals surface area contributed by atoms with Crippen molar-refractivity contribution in [3.63, 3.8) is 0 Å². The molecule has 3 rings (SSSR count). The molecule has 6 nitrogen and oxygen atoms in total. The van der Waals surface area contributed by atoms with E-state index in [0.717, 1.165) is 29.7 Å². The van der Waals surface area contributed by atoms with Gasteiger partial charge in [-0.25, -0.2) is 8.42 Å². The van der Waals surface area contributed by atoms with Crippen molar-refractivity contribution < 1.29 is 18.1 Å². The molecule has 0 unspecified atom stereocenters. The van der Waals surface area contributed by atoms with Crippen LogP contribution in [0.4, 0.5) is 0 Å². The number of aryl methyl sites for hydroxylation is 1. The van der Waals surface area contributed by atoms with Crippen molar-refractivity contribution in [3.05, 3.63) is 41.6 Å². The summed E-state index contributed by atoms with van der Waals surface area (Å²) in [6, 6.07) is 6.99. The third-order valence-corrected chi connectivity index (χ3v) is 7.63. The fraction of sp³-hybridized carbons (Fsp3) is 0.571. The van der Waals surface area contributed by atoms with Crippen molar-refractivity contribution in [2.75, 3.05) is 39.3 Å². The van der Waals surface area contributed by atoms with E-state index in [-0.39, 0.29) is 5.91 Å². The van der Waals surface area contributed by atoms with E-state index in [2.05, 4.69) is 6.08 Å². The minimum absolute atomic E-state index is 0.153. The molecule has 1 aliphatic heterocycles. The van der Waals surface area contributed by atoms with Crippen LogP contribution in [-0.2, 0) is 14.8 Å². The van der Waals surface area contributed by atoms with Gasteiger partial charge in [0.05, 0.1) is 31.1 Å². The van der Waals surface area contributed by atoms with Crippen LogP contribution >= 0.6 is 0 Å². The molecule has 1 fully saturated rings. The first-order valence-corrected chi connectivity index (χ1v) is 11.8. The summed E-state index contributed by atoms with van der Waals surface area (Å²) < 4.78 is 27.2. The first-order valence-electron chi connectivity index (χ1n) is 10.3. The van der Waals surface area contributed by atoms with Gasteiger partial charge in [0.25, 0.3) is 5.91 Å². The van der Waals surface area contributed by atoms with Crippen LogP contribution in [0.1, 0.15) is 38.2 Å². The molecule has 0 saturated carbocycles. The Balaban J connectivity index is 1.57. The summed E-state index contributed by atoms with van der Waals surface area (Å²) in [7, 11) is -3.45. The molecular weight excluding hydrogens is 374 g/mol. The van der Waals surface area contributed by atoms with Gasteiger partial charge in [-0.3, -0.25) is 4.79 Å². The van der Waals surface area contributed by atoms with Crippen molar-refractivity contribution in [2.45, 2.75) is 44.4 Å². The van der Waals surface area contributed by atoms with E-state index >= 15 is 0 Å². The summed E-state index contributed by atoms with van der Waals surface area (Å²) in [5, 5.41) is 0. The lowest BCUT2D eigenvalue weighted by Crippen LogP contribution is -3.15. The third-order valence-electron chi connectivity index (χ3n) is 5.72. The van der Waals surface area contributed by atoms with E-state index in [1.165, 1.54) is 12.1 Å². The van der Waals surface area contributed by atoms with Crippen molar-refractivity contribution >= 4 is 15.9 Å². The van der Waals surface area contributed by atoms with E-state index in [1.54, 1.807) is 16.4 Å². The number of likely N-dealkylation sites (N-methyl/N-ethyl adjacent to an activating group) is 1. The van der Waals surface area contributed by atoms with Gasteiger partial charge in [-0.1, -0.05) is 23.8 Å². The van der Waals surface area contributed by atoms with Crippen LogP contribution < -0.4 is 4.90 Å². The number of piperazine rings is 1. The maximum absolute atomic E-state index is 12.8. The maximum atomic E-state index is 12.8. The Labute approximate surface area is 168 Å². The lowest BCUT2D eigenvalue weighted by atomic mass is 10.0. The number of hydrogen-bond acceptors (Lipinski definition) is 3. The number of amides is 1. The molecule has 7 heteroatoms. The highest BCUT2D eigenvalue weighted by atomic mass is 32.2. The van der Waals surface area contributed by atoms with Gasteiger partial charge in [0.2, 0.25) is 10.0 Å². The number of nitrogens with one attached hydrogen (secondary N) is 1. The summed E-state index contributed by atoms with van der Waals surface area (Å²) >= 11 is 0. The van der Waals surface area contributed by atoms with Crippen LogP contribution in [0.25, 0.3) is 0 Å². The van der Waals surface area contributed by atoms with Gasteiger partial charge < -0.3 is 9.80 Å². The Morgan fingerprint density at radius 2 is 1.82 bits per heavy atom. The van der Waals surface area contributed by atoms with E-state index in [0.29, 0.717) is 44.2 Å². The smallest absolute Gasteiger partial charge is 0.281 e. The Morgan fingerprint density at radius 1 is 1.14 bits per heavy atom. The van der Waals surface area contributed by atoms with E-state index in [9.17, 15) is 13.2 Å². The molecule has 1 aromatic rings. The van der Waals surface area contributed by atoms with Crippen molar-refractivity contribution in [1.82, 2.24) is 9.21 Å². The quantitative estimate of drug-likeness (QED) is 0.772. The maximum Gasteiger partial charge on any atom is 0.281 e. The van der Waals surface area contributed by atoms with Gasteiger partial charge in [0.1, 0.15) is 0 Å². The second-order valence-corrected chi connectivity index (χ2v) is 9.66. The molecule has 154 valence electrons. The zero-order chi connectivity index (χ0) is 20.1. The highest BCUT2D eigenvalue weighted by Gasteiger charge is 2.32. The van der Waals surface area contributed by atoms with Gasteiger partial charge in [-0.05, 0) is 51.7 Å². The predicted molar refractivity (Wildman–Crippen MR) is 109 cm³/mol. The van der Waals surface area contributed by atoms with Gasteiger partial charge in [-0.2, -0.15) is 4.31 Å². The van der Waals surface area contributed by atoms with Crippen molar-refractivity contribution in [2.24, 2.45) is 0 Å². The highest BCUT2D eigenvalue weighted by Crippen LogP contribution is 2.20. The summed E-state index contributed by atoms with van der Waals surface area (Å²) in [4.78, 5) is 16.2. The van der Waals surface area contributed by atoms with E-state index in [1.807, 2.05) is 30.9 Å². The lowest BCUT2D eigenvalue weighted by Gasteiger charge is -2.33. The minimum Gasteiger partial charge on any atom is -0.325 e. The predicted octanol–water partition coefficient (Wildman–Crippen LogP) is 1.19. The van der Waals surface area contributed by atoms with Crippen LogP contribution in [0.15, 0.2) is 40.9 Å². The zero-order valence-electron chi connectivity index (χ0n) is 17.0. The van der Waals surface area contributed by atoms with Gasteiger partial charge >= 0.3 is 0 Å². The number of hydrogen-bond donors (Lipinski definition) is 1. The normalized spacial score (nSPS) is 19.3. The molecule has 28 heavy (non-hydrogen) atoms. The first-order chi connectivity index (χ1) is 13.4. The zero-order valence-corrected chi connectivity index (χ0v) is 17.8. The third kappa shape index (κ3) is 4.82. The second-order valence-electron chi connectivity index (χ2n) is 7.72. The van der Waals surface area contributed by atoms with Gasteiger partial charge in [-0.15, -0.1) is 0 Å². The fourth-order valence-electron chi connectivity index (χ4n) is 3.99. The highest BCUT2D eigenvalue weighted by molar-refractivity contribution is 7.89. The number of rotatable bonds is 6. The molecule has 1 aromatic carbocycles. The molecular formula is C21H32N3O3S+. The summed E-state index contributed by atoms with van der Waals surface area (Å²) in [5.74, 6) is 0.153. The average molecular weight is 407 g/mol. The molecule has 0 bridgehead atoms. The number of carbonyl (C=O) groups is 1. The Hall–Kier alpha value is -1.70. The minimum atomic E-state index is -3.45. The number of benzene rings is 1. The lowest BCUT2D eigenvalue weighted by molar-refractivity contribution is -0.895. The fourth-order valence-corrected chi connectivity index (χ4v) is 5.44. The molecule has 0 radical (unpaired) electrons. The first kappa shape index (κ1) is 21.0. The molecule has 0 spiro atoms. The van der Waals surface area contributed by atoms with Crippen LogP contribution in [0.5, 0.6) is 0 Å². The Kier molecular flexibility index (Phi) is 6.91. The summed E-state index contributed by atoms with van der Waals surface area (Å²) in [6.45, 7) is 7.32. The van der Waals surface area contributed by atoms with E-state index < -0.39 is 10.0 Å². The molecule has 2 aliphatic rings. The SMILES string of the molecule is CCN(C(=O)C[NH+]1CCN(S(=O)(=O)c2ccc(C)cc2)CC1)C1=CCCCC1. The molecule has 0 atom stereocenters. The van der Waals surface area contributed by atoms with Crippen LogP contribution in [-0.4, -0.2) is 62.8 Å². The number of quaternary nitrogens is 1.